The Labute approximate surface area is 295 Å². The van der Waals surface area contributed by atoms with Crippen molar-refractivity contribution in [2.24, 2.45) is 11.8 Å². The molecule has 1 aromatic heterocycles. The van der Waals surface area contributed by atoms with Crippen LogP contribution in [0.4, 0.5) is 0 Å². The van der Waals surface area contributed by atoms with E-state index in [2.05, 4.69) is 15.2 Å². The van der Waals surface area contributed by atoms with Crippen molar-refractivity contribution in [3.8, 4) is 11.5 Å². The summed E-state index contributed by atoms with van der Waals surface area (Å²) < 4.78 is 68.0. The smallest absolute Gasteiger partial charge is 0.243 e. The lowest BCUT2D eigenvalue weighted by molar-refractivity contribution is -0.125. The second kappa shape index (κ2) is 16.6. The molecule has 5 rings (SSSR count). The number of aromatic nitrogens is 1. The zero-order valence-corrected chi connectivity index (χ0v) is 30.4. The van der Waals surface area contributed by atoms with Gasteiger partial charge in [0, 0.05) is 58.1 Å². The van der Waals surface area contributed by atoms with E-state index in [0.717, 1.165) is 11.3 Å². The first kappa shape index (κ1) is 37.7. The largest absolute Gasteiger partial charge is 0.454 e. The quantitative estimate of drug-likeness (QED) is 0.224. The molecule has 3 unspecified atom stereocenters. The van der Waals surface area contributed by atoms with Crippen LogP contribution in [0.1, 0.15) is 32.0 Å². The number of fused-ring (bicyclic) bond motifs is 1. The first-order valence-electron chi connectivity index (χ1n) is 16.8. The number of ether oxygens (including phenoxy) is 2. The van der Waals surface area contributed by atoms with Crippen LogP contribution in [0.3, 0.4) is 0 Å². The maximum Gasteiger partial charge on any atom is 0.243 e. The van der Waals surface area contributed by atoms with Gasteiger partial charge in [0.15, 0.2) is 11.5 Å². The number of rotatable bonds is 16. The molecule has 2 aromatic carbocycles. The number of sulfonamides is 2. The molecule has 3 atom stereocenters. The number of nitrogens with zero attached hydrogens (tertiary/aromatic N) is 4. The van der Waals surface area contributed by atoms with Gasteiger partial charge in [0.05, 0.1) is 34.4 Å². The zero-order chi connectivity index (χ0) is 35.9. The second-order valence-corrected chi connectivity index (χ2v) is 17.2. The molecule has 13 nitrogen and oxygen atoms in total. The number of amides is 1. The average Bonchev–Trinajstić information content (AvgIpc) is 3.57. The number of aliphatic hydroxyl groups excluding tert-OH is 1. The molecule has 0 radical (unpaired) electrons. The van der Waals surface area contributed by atoms with Crippen LogP contribution < -0.4 is 14.8 Å². The number of pyridine rings is 1. The summed E-state index contributed by atoms with van der Waals surface area (Å²) in [7, 11) is -7.85. The van der Waals surface area contributed by atoms with Crippen molar-refractivity contribution in [2.45, 2.75) is 50.8 Å². The lowest BCUT2D eigenvalue weighted by Gasteiger charge is -2.34. The fourth-order valence-corrected chi connectivity index (χ4v) is 9.41. The van der Waals surface area contributed by atoms with Gasteiger partial charge in [0.2, 0.25) is 32.7 Å². The highest BCUT2D eigenvalue weighted by Crippen LogP contribution is 2.35. The Morgan fingerprint density at radius 1 is 0.920 bits per heavy atom. The standard InChI is InChI=1S/C35H47N5O8S2/c1-26(2)21-40(50(45,46)30-12-13-33-34(20-30)48-25-47-33)23-32(41)31(19-28-9-5-4-6-10-28)37-35(42)27(3)24-49(43,44)39-17-15-38(16-18-39)22-29-11-7-8-14-36-29/h4-14,20,26-27,31-32,41H,15-19,21-25H2,1-3H3,(H,37,42). The van der Waals surface area contributed by atoms with Crippen molar-refractivity contribution in [2.75, 3.05) is 51.8 Å². The minimum absolute atomic E-state index is 0.00282. The van der Waals surface area contributed by atoms with Gasteiger partial charge in [0.25, 0.3) is 0 Å². The zero-order valence-electron chi connectivity index (χ0n) is 28.7. The van der Waals surface area contributed by atoms with E-state index >= 15 is 0 Å². The monoisotopic (exact) mass is 729 g/mol. The molecule has 1 fully saturated rings. The molecule has 3 heterocycles. The van der Waals surface area contributed by atoms with Gasteiger partial charge in [-0.05, 0) is 42.2 Å². The maximum absolute atomic E-state index is 13.9. The first-order valence-corrected chi connectivity index (χ1v) is 19.9. The van der Waals surface area contributed by atoms with Crippen LogP contribution >= 0.6 is 0 Å². The summed E-state index contributed by atoms with van der Waals surface area (Å²) in [5.74, 6) is -1.18. The summed E-state index contributed by atoms with van der Waals surface area (Å²) in [4.78, 5) is 20.1. The van der Waals surface area contributed by atoms with E-state index in [9.17, 15) is 26.7 Å². The van der Waals surface area contributed by atoms with Gasteiger partial charge in [-0.2, -0.15) is 8.61 Å². The van der Waals surface area contributed by atoms with E-state index in [0.29, 0.717) is 44.2 Å². The van der Waals surface area contributed by atoms with E-state index in [1.165, 1.54) is 26.8 Å². The van der Waals surface area contributed by atoms with Crippen molar-refractivity contribution in [1.29, 1.82) is 0 Å². The normalized spacial score (nSPS) is 17.5. The molecule has 0 saturated carbocycles. The summed E-state index contributed by atoms with van der Waals surface area (Å²) in [5, 5.41) is 14.5. The highest BCUT2D eigenvalue weighted by atomic mass is 32.2. The minimum Gasteiger partial charge on any atom is -0.454 e. The number of piperazine rings is 1. The average molecular weight is 730 g/mol. The van der Waals surface area contributed by atoms with Crippen LogP contribution in [0.15, 0.2) is 77.8 Å². The van der Waals surface area contributed by atoms with E-state index < -0.39 is 49.8 Å². The van der Waals surface area contributed by atoms with E-state index in [-0.39, 0.29) is 37.1 Å². The molecule has 0 aliphatic carbocycles. The predicted octanol–water partition coefficient (Wildman–Crippen LogP) is 2.33. The van der Waals surface area contributed by atoms with Crippen molar-refractivity contribution in [3.05, 3.63) is 84.2 Å². The number of benzene rings is 2. The van der Waals surface area contributed by atoms with Crippen molar-refractivity contribution in [3.63, 3.8) is 0 Å². The Morgan fingerprint density at radius 3 is 2.30 bits per heavy atom. The van der Waals surface area contributed by atoms with Crippen LogP contribution in [-0.2, 0) is 37.8 Å². The number of hydrogen-bond acceptors (Lipinski definition) is 10. The van der Waals surface area contributed by atoms with E-state index in [4.69, 9.17) is 9.47 Å². The van der Waals surface area contributed by atoms with Gasteiger partial charge in [-0.15, -0.1) is 0 Å². The molecule has 2 aliphatic heterocycles. The van der Waals surface area contributed by atoms with Gasteiger partial charge in [0.1, 0.15) is 0 Å². The third-order valence-corrected chi connectivity index (χ3v) is 12.7. The molecule has 0 spiro atoms. The van der Waals surface area contributed by atoms with E-state index in [1.54, 1.807) is 13.1 Å². The topological polar surface area (TPSA) is 159 Å². The molecular formula is C35H47N5O8S2. The number of carbonyl (C=O) groups is 1. The molecular weight excluding hydrogens is 683 g/mol. The number of hydrogen-bond donors (Lipinski definition) is 2. The molecule has 50 heavy (non-hydrogen) atoms. The van der Waals surface area contributed by atoms with Gasteiger partial charge in [-0.3, -0.25) is 14.7 Å². The third-order valence-electron chi connectivity index (χ3n) is 8.78. The SMILES string of the molecule is CC(C)CN(CC(O)C(Cc1ccccc1)NC(=O)C(C)CS(=O)(=O)N1CCN(Cc2ccccn2)CC1)S(=O)(=O)c1ccc2c(c1)OCO2. The number of carbonyl (C=O) groups excluding carboxylic acids is 1. The Balaban J connectivity index is 1.26. The van der Waals surface area contributed by atoms with Gasteiger partial charge >= 0.3 is 0 Å². The van der Waals surface area contributed by atoms with Gasteiger partial charge in [-0.25, -0.2) is 16.8 Å². The number of aliphatic hydroxyl groups is 1. The molecule has 0 bridgehead atoms. The summed E-state index contributed by atoms with van der Waals surface area (Å²) >= 11 is 0. The lowest BCUT2D eigenvalue weighted by atomic mass is 10.00. The van der Waals surface area contributed by atoms with E-state index in [1.807, 2.05) is 62.4 Å². The van der Waals surface area contributed by atoms with Crippen molar-refractivity contribution in [1.82, 2.24) is 23.8 Å². The predicted molar refractivity (Wildman–Crippen MR) is 188 cm³/mol. The molecule has 1 saturated heterocycles. The maximum atomic E-state index is 13.9. The summed E-state index contributed by atoms with van der Waals surface area (Å²) in [6, 6.07) is 18.4. The molecule has 2 N–H and O–H groups in total. The molecule has 272 valence electrons. The second-order valence-electron chi connectivity index (χ2n) is 13.3. The van der Waals surface area contributed by atoms with Gasteiger partial charge < -0.3 is 19.9 Å². The fourth-order valence-electron chi connectivity index (χ4n) is 6.06. The Kier molecular flexibility index (Phi) is 12.5. The molecule has 1 amide bonds. The minimum atomic E-state index is -4.09. The number of nitrogens with one attached hydrogen (secondary N) is 1. The van der Waals surface area contributed by atoms with Crippen molar-refractivity contribution < 1.29 is 36.2 Å². The lowest BCUT2D eigenvalue weighted by Crippen LogP contribution is -2.53. The van der Waals surface area contributed by atoms with Gasteiger partial charge in [-0.1, -0.05) is 57.2 Å². The molecule has 15 heteroatoms. The summed E-state index contributed by atoms with van der Waals surface area (Å²) in [6.45, 7) is 7.44. The molecule has 2 aliphatic rings. The highest BCUT2D eigenvalue weighted by Gasteiger charge is 2.35. The fraction of sp³-hybridized carbons (Fsp3) is 0.486. The summed E-state index contributed by atoms with van der Waals surface area (Å²) in [6.07, 6.45) is 0.611. The Bertz CT molecular complexity index is 1790. The summed E-state index contributed by atoms with van der Waals surface area (Å²) in [5.41, 5.74) is 1.73. The van der Waals surface area contributed by atoms with Crippen LogP contribution in [0.5, 0.6) is 11.5 Å². The molecule has 3 aromatic rings. The highest BCUT2D eigenvalue weighted by molar-refractivity contribution is 7.89. The Hall–Kier alpha value is -3.60. The van der Waals surface area contributed by atoms with Crippen LogP contribution in [0.2, 0.25) is 0 Å². The Morgan fingerprint density at radius 2 is 1.62 bits per heavy atom. The first-order chi connectivity index (χ1) is 23.8. The van der Waals surface area contributed by atoms with Crippen LogP contribution in [-0.4, -0.2) is 110 Å². The van der Waals surface area contributed by atoms with Crippen LogP contribution in [0, 0.1) is 11.8 Å². The van der Waals surface area contributed by atoms with Crippen molar-refractivity contribution >= 4 is 26.0 Å². The van der Waals surface area contributed by atoms with Crippen LogP contribution in [0.25, 0.3) is 0 Å². The third kappa shape index (κ3) is 9.80.